The predicted molar refractivity (Wildman–Crippen MR) is 83.8 cm³/mol. The summed E-state index contributed by atoms with van der Waals surface area (Å²) in [6, 6.07) is 9.09. The Labute approximate surface area is 126 Å². The van der Waals surface area contributed by atoms with E-state index in [2.05, 4.69) is 36.5 Å². The molecule has 3 nitrogen and oxygen atoms in total. The number of nitrogens with one attached hydrogen (secondary N) is 1. The van der Waals surface area contributed by atoms with Crippen molar-refractivity contribution in [3.05, 3.63) is 53.0 Å². The maximum Gasteiger partial charge on any atom is 0.122 e. The normalized spacial score (nSPS) is 14.8. The van der Waals surface area contributed by atoms with Gasteiger partial charge in [-0.25, -0.2) is 0 Å². The van der Waals surface area contributed by atoms with Gasteiger partial charge in [-0.3, -0.25) is 0 Å². The summed E-state index contributed by atoms with van der Waals surface area (Å²) in [5.41, 5.74) is 3.99. The first-order chi connectivity index (χ1) is 10.3. The first kappa shape index (κ1) is 14.2. The maximum absolute atomic E-state index is 5.56. The molecule has 21 heavy (non-hydrogen) atoms. The van der Waals surface area contributed by atoms with E-state index in [1.165, 1.54) is 16.7 Å². The second-order valence-corrected chi connectivity index (χ2v) is 5.68. The fourth-order valence-electron chi connectivity index (χ4n) is 2.99. The summed E-state index contributed by atoms with van der Waals surface area (Å²) in [6.45, 7) is 5.93. The summed E-state index contributed by atoms with van der Waals surface area (Å²) in [7, 11) is 0. The summed E-state index contributed by atoms with van der Waals surface area (Å²) < 4.78 is 11.0. The Morgan fingerprint density at radius 3 is 2.95 bits per heavy atom. The third kappa shape index (κ3) is 3.30. The average molecular weight is 285 g/mol. The molecule has 2 aromatic rings. The molecule has 112 valence electrons. The van der Waals surface area contributed by atoms with Crippen molar-refractivity contribution in [3.8, 4) is 5.75 Å². The molecular formula is C18H23NO2. The van der Waals surface area contributed by atoms with Crippen molar-refractivity contribution in [2.45, 2.75) is 39.2 Å². The lowest BCUT2D eigenvalue weighted by atomic mass is 9.99. The lowest BCUT2D eigenvalue weighted by molar-refractivity contribution is 0.357. The third-order valence-corrected chi connectivity index (χ3v) is 4.08. The number of benzene rings is 1. The van der Waals surface area contributed by atoms with Crippen LogP contribution < -0.4 is 10.1 Å². The van der Waals surface area contributed by atoms with Crippen LogP contribution in [-0.4, -0.2) is 13.2 Å². The second-order valence-electron chi connectivity index (χ2n) is 5.68. The van der Waals surface area contributed by atoms with E-state index < -0.39 is 0 Å². The molecule has 0 bridgehead atoms. The van der Waals surface area contributed by atoms with Crippen molar-refractivity contribution in [2.24, 2.45) is 0 Å². The van der Waals surface area contributed by atoms with E-state index in [0.717, 1.165) is 43.9 Å². The fourth-order valence-corrected chi connectivity index (χ4v) is 2.99. The Hall–Kier alpha value is -1.74. The quantitative estimate of drug-likeness (QED) is 0.876. The summed E-state index contributed by atoms with van der Waals surface area (Å²) in [5.74, 6) is 2.04. The molecular weight excluding hydrogens is 262 g/mol. The molecule has 3 rings (SSSR count). The highest BCUT2D eigenvalue weighted by molar-refractivity contribution is 5.39. The molecule has 0 saturated heterocycles. The highest BCUT2D eigenvalue weighted by atomic mass is 16.5. The molecule has 1 aliphatic heterocycles. The van der Waals surface area contributed by atoms with E-state index in [1.807, 2.05) is 13.2 Å². The van der Waals surface area contributed by atoms with Gasteiger partial charge in [-0.1, -0.05) is 19.1 Å². The summed E-state index contributed by atoms with van der Waals surface area (Å²) in [4.78, 5) is 0. The summed E-state index contributed by atoms with van der Waals surface area (Å²) in [5, 5.41) is 3.55. The van der Waals surface area contributed by atoms with E-state index in [-0.39, 0.29) is 0 Å². The molecule has 2 heterocycles. The molecule has 1 unspecified atom stereocenters. The van der Waals surface area contributed by atoms with Crippen LogP contribution >= 0.6 is 0 Å². The van der Waals surface area contributed by atoms with Gasteiger partial charge in [-0.2, -0.15) is 0 Å². The van der Waals surface area contributed by atoms with E-state index in [9.17, 15) is 0 Å². The van der Waals surface area contributed by atoms with Crippen molar-refractivity contribution in [1.82, 2.24) is 5.32 Å². The van der Waals surface area contributed by atoms with Crippen molar-refractivity contribution < 1.29 is 9.15 Å². The van der Waals surface area contributed by atoms with Gasteiger partial charge in [-0.15, -0.1) is 0 Å². The average Bonchev–Trinajstić information content (AvgIpc) is 3.11. The molecule has 1 aliphatic rings. The Morgan fingerprint density at radius 2 is 2.19 bits per heavy atom. The minimum absolute atomic E-state index is 0.358. The molecule has 1 N–H and O–H groups in total. The van der Waals surface area contributed by atoms with E-state index >= 15 is 0 Å². The third-order valence-electron chi connectivity index (χ3n) is 4.08. The smallest absolute Gasteiger partial charge is 0.122 e. The zero-order chi connectivity index (χ0) is 14.7. The van der Waals surface area contributed by atoms with E-state index in [4.69, 9.17) is 9.15 Å². The van der Waals surface area contributed by atoms with Crippen LogP contribution in [0.5, 0.6) is 5.75 Å². The second kappa shape index (κ2) is 6.35. The Bertz CT molecular complexity index is 603. The van der Waals surface area contributed by atoms with E-state index in [1.54, 1.807) is 0 Å². The zero-order valence-corrected chi connectivity index (χ0v) is 12.8. The SMILES string of the molecule is CCNC(CCc1ccc2c(c1)CCO2)c1coc(C)c1. The predicted octanol–water partition coefficient (Wildman–Crippen LogP) is 3.81. The van der Waals surface area contributed by atoms with E-state index in [0.29, 0.717) is 6.04 Å². The van der Waals surface area contributed by atoms with Crippen LogP contribution in [0.25, 0.3) is 0 Å². The molecule has 0 saturated carbocycles. The van der Waals surface area contributed by atoms with Gasteiger partial charge in [0.15, 0.2) is 0 Å². The first-order valence-electron chi connectivity index (χ1n) is 7.79. The number of furan rings is 1. The topological polar surface area (TPSA) is 34.4 Å². The summed E-state index contributed by atoms with van der Waals surface area (Å²) in [6.07, 6.45) is 5.06. The van der Waals surface area contributed by atoms with Crippen LogP contribution in [0.4, 0.5) is 0 Å². The number of fused-ring (bicyclic) bond motifs is 1. The van der Waals surface area contributed by atoms with Crippen LogP contribution in [0.3, 0.4) is 0 Å². The first-order valence-corrected chi connectivity index (χ1v) is 7.79. The van der Waals surface area contributed by atoms with Gasteiger partial charge in [0.2, 0.25) is 0 Å². The molecule has 0 amide bonds. The van der Waals surface area contributed by atoms with Crippen LogP contribution in [0.15, 0.2) is 34.9 Å². The van der Waals surface area contributed by atoms with Crippen molar-refractivity contribution in [1.29, 1.82) is 0 Å². The van der Waals surface area contributed by atoms with Gasteiger partial charge in [-0.05, 0) is 49.6 Å². The molecule has 3 heteroatoms. The Kier molecular flexibility index (Phi) is 4.30. The largest absolute Gasteiger partial charge is 0.493 e. The minimum atomic E-state index is 0.358. The fraction of sp³-hybridized carbons (Fsp3) is 0.444. The minimum Gasteiger partial charge on any atom is -0.493 e. The number of hydrogen-bond acceptors (Lipinski definition) is 3. The summed E-state index contributed by atoms with van der Waals surface area (Å²) >= 11 is 0. The molecule has 1 atom stereocenters. The van der Waals surface area contributed by atoms with Gasteiger partial charge in [0.25, 0.3) is 0 Å². The molecule has 1 aromatic heterocycles. The molecule has 0 aliphatic carbocycles. The van der Waals surface area contributed by atoms with Gasteiger partial charge >= 0.3 is 0 Å². The molecule has 1 aromatic carbocycles. The van der Waals surface area contributed by atoms with Crippen molar-refractivity contribution in [2.75, 3.05) is 13.2 Å². The van der Waals surface area contributed by atoms with Gasteiger partial charge in [0.1, 0.15) is 11.5 Å². The van der Waals surface area contributed by atoms with Gasteiger partial charge in [0.05, 0.1) is 12.9 Å². The molecule has 0 spiro atoms. The van der Waals surface area contributed by atoms with Crippen molar-refractivity contribution in [3.63, 3.8) is 0 Å². The maximum atomic E-state index is 5.56. The monoisotopic (exact) mass is 285 g/mol. The van der Waals surface area contributed by atoms with Crippen LogP contribution in [0.2, 0.25) is 0 Å². The number of aryl methyl sites for hydroxylation is 2. The van der Waals surface area contributed by atoms with Crippen molar-refractivity contribution >= 4 is 0 Å². The van der Waals surface area contributed by atoms with Gasteiger partial charge < -0.3 is 14.5 Å². The number of hydrogen-bond donors (Lipinski definition) is 1. The molecule has 0 radical (unpaired) electrons. The Balaban J connectivity index is 1.66. The molecule has 0 fully saturated rings. The lowest BCUT2D eigenvalue weighted by Gasteiger charge is -2.16. The highest BCUT2D eigenvalue weighted by Crippen LogP contribution is 2.27. The highest BCUT2D eigenvalue weighted by Gasteiger charge is 2.15. The number of rotatable bonds is 6. The van der Waals surface area contributed by atoms with Crippen LogP contribution in [-0.2, 0) is 12.8 Å². The zero-order valence-electron chi connectivity index (χ0n) is 12.8. The lowest BCUT2D eigenvalue weighted by Crippen LogP contribution is -2.21. The standard InChI is InChI=1S/C18H23NO2/c1-3-19-17(16-10-13(2)21-12-16)6-4-14-5-7-18-15(11-14)8-9-20-18/h5,7,10-12,17,19H,3-4,6,8-9H2,1-2H3. The van der Waals surface area contributed by atoms with Crippen LogP contribution in [0, 0.1) is 6.92 Å². The number of ether oxygens (including phenoxy) is 1. The van der Waals surface area contributed by atoms with Crippen LogP contribution in [0.1, 0.15) is 41.8 Å². The Morgan fingerprint density at radius 1 is 1.29 bits per heavy atom. The van der Waals surface area contributed by atoms with Gasteiger partial charge in [0, 0.05) is 18.0 Å².